The van der Waals surface area contributed by atoms with Gasteiger partial charge in [-0.3, -0.25) is 4.79 Å². The van der Waals surface area contributed by atoms with Crippen LogP contribution in [0.25, 0.3) is 6.08 Å². The molecule has 1 heterocycles. The van der Waals surface area contributed by atoms with E-state index >= 15 is 0 Å². The van der Waals surface area contributed by atoms with Gasteiger partial charge in [-0.1, -0.05) is 41.4 Å². The first-order valence-corrected chi connectivity index (χ1v) is 10.6. The maximum atomic E-state index is 12.8. The van der Waals surface area contributed by atoms with Crippen molar-refractivity contribution in [1.29, 1.82) is 0 Å². The number of ether oxygens (including phenoxy) is 1. The Labute approximate surface area is 169 Å². The van der Waals surface area contributed by atoms with Crippen LogP contribution >= 0.6 is 11.6 Å². The summed E-state index contributed by atoms with van der Waals surface area (Å²) in [6.45, 7) is 3.30. The average Bonchev–Trinajstić information content (AvgIpc) is 2.70. The van der Waals surface area contributed by atoms with Crippen LogP contribution in [0.1, 0.15) is 11.1 Å². The Kier molecular flexibility index (Phi) is 6.51. The number of anilines is 1. The molecule has 1 aliphatic heterocycles. The third kappa shape index (κ3) is 4.99. The molecule has 2 aromatic rings. The Morgan fingerprint density at radius 3 is 2.50 bits per heavy atom. The molecule has 0 radical (unpaired) electrons. The van der Waals surface area contributed by atoms with Crippen molar-refractivity contribution >= 4 is 39.3 Å². The van der Waals surface area contributed by atoms with E-state index in [4.69, 9.17) is 16.3 Å². The number of hydrogen-bond donors (Lipinski definition) is 1. The van der Waals surface area contributed by atoms with E-state index in [9.17, 15) is 13.2 Å². The highest BCUT2D eigenvalue weighted by Gasteiger charge is 2.27. The number of nitrogens with zero attached hydrogens (tertiary/aromatic N) is 1. The molecular formula is C20H21ClN2O4S. The van der Waals surface area contributed by atoms with Crippen LogP contribution in [-0.4, -0.2) is 44.9 Å². The van der Waals surface area contributed by atoms with Crippen molar-refractivity contribution in [2.24, 2.45) is 0 Å². The van der Waals surface area contributed by atoms with Crippen LogP contribution in [0, 0.1) is 6.92 Å². The van der Waals surface area contributed by atoms with E-state index in [-0.39, 0.29) is 15.6 Å². The molecule has 2 aromatic carbocycles. The van der Waals surface area contributed by atoms with Crippen molar-refractivity contribution in [2.45, 2.75) is 11.8 Å². The molecule has 0 bridgehead atoms. The highest BCUT2D eigenvalue weighted by molar-refractivity contribution is 7.89. The highest BCUT2D eigenvalue weighted by atomic mass is 35.5. The van der Waals surface area contributed by atoms with E-state index in [1.807, 2.05) is 31.2 Å². The molecule has 1 fully saturated rings. The Morgan fingerprint density at radius 2 is 1.82 bits per heavy atom. The van der Waals surface area contributed by atoms with Gasteiger partial charge in [0.05, 0.1) is 28.8 Å². The molecule has 1 saturated heterocycles. The summed E-state index contributed by atoms with van der Waals surface area (Å²) in [4.78, 5) is 12.3. The highest BCUT2D eigenvalue weighted by Crippen LogP contribution is 2.27. The molecule has 148 valence electrons. The second-order valence-electron chi connectivity index (χ2n) is 6.39. The summed E-state index contributed by atoms with van der Waals surface area (Å²) in [5, 5.41) is 2.90. The predicted molar refractivity (Wildman–Crippen MR) is 110 cm³/mol. The molecule has 0 unspecified atom stereocenters. The molecule has 0 aliphatic carbocycles. The Balaban J connectivity index is 1.75. The molecule has 0 saturated carbocycles. The number of carbonyl (C=O) groups excluding carboxylic acids is 1. The third-order valence-electron chi connectivity index (χ3n) is 4.31. The quantitative estimate of drug-likeness (QED) is 0.753. The Morgan fingerprint density at radius 1 is 1.14 bits per heavy atom. The minimum atomic E-state index is -3.67. The maximum absolute atomic E-state index is 12.8. The third-order valence-corrected chi connectivity index (χ3v) is 6.53. The fourth-order valence-corrected chi connectivity index (χ4v) is 4.32. The number of rotatable bonds is 5. The van der Waals surface area contributed by atoms with Gasteiger partial charge in [0.1, 0.15) is 0 Å². The number of halogens is 1. The number of carbonyl (C=O) groups is 1. The van der Waals surface area contributed by atoms with Crippen molar-refractivity contribution in [3.63, 3.8) is 0 Å². The fraction of sp³-hybridized carbons (Fsp3) is 0.250. The van der Waals surface area contributed by atoms with E-state index in [1.165, 1.54) is 28.6 Å². The molecule has 1 amide bonds. The lowest BCUT2D eigenvalue weighted by Gasteiger charge is -2.26. The summed E-state index contributed by atoms with van der Waals surface area (Å²) in [6.07, 6.45) is 3.06. The summed E-state index contributed by atoms with van der Waals surface area (Å²) >= 11 is 6.14. The van der Waals surface area contributed by atoms with Crippen LogP contribution in [-0.2, 0) is 19.6 Å². The lowest BCUT2D eigenvalue weighted by atomic mass is 10.1. The van der Waals surface area contributed by atoms with Crippen molar-refractivity contribution in [3.05, 3.63) is 64.7 Å². The number of aryl methyl sites for hydroxylation is 1. The van der Waals surface area contributed by atoms with Gasteiger partial charge in [0.2, 0.25) is 15.9 Å². The van der Waals surface area contributed by atoms with Gasteiger partial charge in [0, 0.05) is 19.2 Å². The van der Waals surface area contributed by atoms with Gasteiger partial charge in [-0.25, -0.2) is 8.42 Å². The number of sulfonamides is 1. The molecule has 3 rings (SSSR count). The van der Waals surface area contributed by atoms with E-state index < -0.39 is 15.9 Å². The van der Waals surface area contributed by atoms with E-state index in [2.05, 4.69) is 5.32 Å². The van der Waals surface area contributed by atoms with Crippen molar-refractivity contribution < 1.29 is 17.9 Å². The van der Waals surface area contributed by atoms with Crippen LogP contribution in [0.2, 0.25) is 5.02 Å². The van der Waals surface area contributed by atoms with Crippen LogP contribution in [0.15, 0.2) is 53.4 Å². The first-order valence-electron chi connectivity index (χ1n) is 8.79. The summed E-state index contributed by atoms with van der Waals surface area (Å²) in [7, 11) is -3.67. The summed E-state index contributed by atoms with van der Waals surface area (Å²) in [6, 6.07) is 12.0. The number of morpholine rings is 1. The topological polar surface area (TPSA) is 75.7 Å². The molecule has 0 aromatic heterocycles. The molecule has 1 aliphatic rings. The number of benzene rings is 2. The van der Waals surface area contributed by atoms with Crippen molar-refractivity contribution in [3.8, 4) is 0 Å². The molecule has 0 spiro atoms. The van der Waals surface area contributed by atoms with Gasteiger partial charge >= 0.3 is 0 Å². The van der Waals surface area contributed by atoms with Crippen LogP contribution < -0.4 is 5.32 Å². The standard InChI is InChI=1S/C20H21ClN2O4S/c1-15-2-4-16(5-3-15)6-9-20(24)22-19-14-17(7-8-18(19)21)28(25,26)23-10-12-27-13-11-23/h2-9,14H,10-13H2,1H3,(H,22,24)/b9-6+. The number of amides is 1. The van der Waals surface area contributed by atoms with Gasteiger partial charge < -0.3 is 10.1 Å². The summed E-state index contributed by atoms with van der Waals surface area (Å²) in [5.74, 6) is -0.400. The summed E-state index contributed by atoms with van der Waals surface area (Å²) in [5.41, 5.74) is 2.26. The minimum Gasteiger partial charge on any atom is -0.379 e. The average molecular weight is 421 g/mol. The second-order valence-corrected chi connectivity index (χ2v) is 8.74. The minimum absolute atomic E-state index is 0.0802. The number of nitrogens with one attached hydrogen (secondary N) is 1. The van der Waals surface area contributed by atoms with Crippen LogP contribution in [0.4, 0.5) is 5.69 Å². The van der Waals surface area contributed by atoms with Gasteiger partial charge in [-0.2, -0.15) is 4.31 Å². The van der Waals surface area contributed by atoms with Gasteiger partial charge in [0.15, 0.2) is 0 Å². The zero-order valence-corrected chi connectivity index (χ0v) is 17.0. The van der Waals surface area contributed by atoms with Crippen molar-refractivity contribution in [1.82, 2.24) is 4.31 Å². The molecule has 8 heteroatoms. The van der Waals surface area contributed by atoms with Crippen LogP contribution in [0.3, 0.4) is 0 Å². The van der Waals surface area contributed by atoms with Crippen molar-refractivity contribution in [2.75, 3.05) is 31.6 Å². The zero-order chi connectivity index (χ0) is 20.1. The first-order chi connectivity index (χ1) is 13.4. The normalized spacial score (nSPS) is 15.6. The largest absolute Gasteiger partial charge is 0.379 e. The summed E-state index contributed by atoms with van der Waals surface area (Å²) < 4.78 is 32.1. The molecular weight excluding hydrogens is 400 g/mol. The SMILES string of the molecule is Cc1ccc(/C=C/C(=O)Nc2cc(S(=O)(=O)N3CCOCC3)ccc2Cl)cc1. The maximum Gasteiger partial charge on any atom is 0.248 e. The van der Waals surface area contributed by atoms with Crippen LogP contribution in [0.5, 0.6) is 0 Å². The lowest BCUT2D eigenvalue weighted by molar-refractivity contribution is -0.111. The molecule has 28 heavy (non-hydrogen) atoms. The van der Waals surface area contributed by atoms with E-state index in [0.29, 0.717) is 26.3 Å². The van der Waals surface area contributed by atoms with E-state index in [1.54, 1.807) is 6.08 Å². The molecule has 1 N–H and O–H groups in total. The van der Waals surface area contributed by atoms with Gasteiger partial charge in [-0.15, -0.1) is 0 Å². The van der Waals surface area contributed by atoms with Gasteiger partial charge in [0.25, 0.3) is 0 Å². The fourth-order valence-electron chi connectivity index (χ4n) is 2.72. The number of hydrogen-bond acceptors (Lipinski definition) is 4. The monoisotopic (exact) mass is 420 g/mol. The smallest absolute Gasteiger partial charge is 0.248 e. The first kappa shape index (κ1) is 20.5. The van der Waals surface area contributed by atoms with Gasteiger partial charge in [-0.05, 0) is 36.8 Å². The molecule has 0 atom stereocenters. The zero-order valence-electron chi connectivity index (χ0n) is 15.4. The second kappa shape index (κ2) is 8.87. The lowest BCUT2D eigenvalue weighted by Crippen LogP contribution is -2.40. The van der Waals surface area contributed by atoms with E-state index in [0.717, 1.165) is 11.1 Å². The molecule has 6 nitrogen and oxygen atoms in total. The Bertz CT molecular complexity index is 982. The predicted octanol–water partition coefficient (Wildman–Crippen LogP) is 3.32. The Hall–Kier alpha value is -2.19.